The average molecular weight is 306 g/mol. The topological polar surface area (TPSA) is 50.8 Å². The number of carbonyl (C=O) groups excluding carboxylic acids is 1. The Kier molecular flexibility index (Phi) is 6.68. The first kappa shape index (κ1) is 16.8. The van der Waals surface area contributed by atoms with Crippen LogP contribution in [0.25, 0.3) is 0 Å². The van der Waals surface area contributed by atoms with Gasteiger partial charge in [-0.05, 0) is 50.6 Å². The number of likely N-dealkylation sites (N-methyl/N-ethyl adjacent to an activating group) is 1. The first-order valence-corrected chi connectivity index (χ1v) is 7.91. The summed E-state index contributed by atoms with van der Waals surface area (Å²) in [6.07, 6.45) is 2.17. The fourth-order valence-electron chi connectivity index (χ4n) is 2.39. The minimum absolute atomic E-state index is 0.00590. The van der Waals surface area contributed by atoms with E-state index in [1.54, 1.807) is 11.9 Å². The molecule has 0 aromatic heterocycles. The van der Waals surface area contributed by atoms with Crippen molar-refractivity contribution in [3.63, 3.8) is 0 Å². The number of aryl methyl sites for hydroxylation is 1. The fraction of sp³-hybridized carbons (Fsp3) is 0.588. The van der Waals surface area contributed by atoms with Crippen molar-refractivity contribution in [2.45, 2.75) is 25.9 Å². The molecule has 0 atom stereocenters. The van der Waals surface area contributed by atoms with Crippen LogP contribution in [-0.2, 0) is 9.53 Å². The first-order chi connectivity index (χ1) is 10.6. The normalized spacial score (nSPS) is 15.5. The molecule has 1 fully saturated rings. The summed E-state index contributed by atoms with van der Waals surface area (Å²) in [6, 6.07) is 7.91. The molecule has 1 aromatic carbocycles. The number of benzene rings is 1. The molecule has 122 valence electrons. The third kappa shape index (κ3) is 5.66. The van der Waals surface area contributed by atoms with Gasteiger partial charge in [0.15, 0.2) is 0 Å². The van der Waals surface area contributed by atoms with Crippen molar-refractivity contribution in [3.8, 4) is 5.75 Å². The number of amides is 1. The largest absolute Gasteiger partial charge is 0.492 e. The molecule has 1 aliphatic rings. The van der Waals surface area contributed by atoms with Gasteiger partial charge in [-0.2, -0.15) is 0 Å². The van der Waals surface area contributed by atoms with Crippen LogP contribution in [0.2, 0.25) is 0 Å². The zero-order valence-electron chi connectivity index (χ0n) is 13.5. The Labute approximate surface area is 132 Å². The number of nitrogens with zero attached hydrogens (tertiary/aromatic N) is 1. The lowest BCUT2D eigenvalue weighted by Crippen LogP contribution is -2.37. The Hall–Kier alpha value is -1.59. The summed E-state index contributed by atoms with van der Waals surface area (Å²) in [5, 5.41) is 3.28. The highest BCUT2D eigenvalue weighted by atomic mass is 16.5. The predicted octanol–water partition coefficient (Wildman–Crippen LogP) is 1.60. The number of hydrogen-bond donors (Lipinski definition) is 1. The zero-order chi connectivity index (χ0) is 15.8. The maximum Gasteiger partial charge on any atom is 0.248 e. The fourth-order valence-corrected chi connectivity index (χ4v) is 2.39. The average Bonchev–Trinajstić information content (AvgIpc) is 2.53. The molecule has 0 unspecified atom stereocenters. The van der Waals surface area contributed by atoms with Crippen molar-refractivity contribution >= 4 is 5.91 Å². The number of carbonyl (C=O) groups is 1. The second-order valence-electron chi connectivity index (χ2n) is 5.74. The van der Waals surface area contributed by atoms with Crippen molar-refractivity contribution in [2.75, 3.05) is 39.9 Å². The summed E-state index contributed by atoms with van der Waals surface area (Å²) in [5.74, 6) is 0.846. The SMILES string of the molecule is Cc1cccc(OCCN(C)C(=O)COC2CCNCC2)c1. The molecule has 1 N–H and O–H groups in total. The summed E-state index contributed by atoms with van der Waals surface area (Å²) in [6.45, 7) is 5.17. The van der Waals surface area contributed by atoms with E-state index in [-0.39, 0.29) is 18.6 Å². The number of rotatable bonds is 7. The lowest BCUT2D eigenvalue weighted by Gasteiger charge is -2.24. The molecule has 0 radical (unpaired) electrons. The lowest BCUT2D eigenvalue weighted by molar-refractivity contribution is -0.137. The van der Waals surface area contributed by atoms with Crippen LogP contribution in [0.4, 0.5) is 0 Å². The zero-order valence-corrected chi connectivity index (χ0v) is 13.5. The van der Waals surface area contributed by atoms with Crippen LogP contribution in [0, 0.1) is 6.92 Å². The highest BCUT2D eigenvalue weighted by Crippen LogP contribution is 2.12. The van der Waals surface area contributed by atoms with Crippen LogP contribution < -0.4 is 10.1 Å². The monoisotopic (exact) mass is 306 g/mol. The van der Waals surface area contributed by atoms with Crippen molar-refractivity contribution < 1.29 is 14.3 Å². The minimum atomic E-state index is 0.00590. The Balaban J connectivity index is 1.63. The van der Waals surface area contributed by atoms with Gasteiger partial charge in [0.2, 0.25) is 5.91 Å². The predicted molar refractivity (Wildman–Crippen MR) is 86.2 cm³/mol. The molecule has 1 saturated heterocycles. The molecule has 1 aromatic rings. The smallest absolute Gasteiger partial charge is 0.248 e. The third-order valence-corrected chi connectivity index (χ3v) is 3.84. The first-order valence-electron chi connectivity index (χ1n) is 7.91. The second-order valence-corrected chi connectivity index (χ2v) is 5.74. The highest BCUT2D eigenvalue weighted by molar-refractivity contribution is 5.77. The lowest BCUT2D eigenvalue weighted by atomic mass is 10.1. The van der Waals surface area contributed by atoms with Gasteiger partial charge in [-0.1, -0.05) is 12.1 Å². The molecule has 1 aliphatic heterocycles. The molecule has 0 aliphatic carbocycles. The standard InChI is InChI=1S/C17H26N2O3/c1-14-4-3-5-16(12-14)21-11-10-19(2)17(20)13-22-15-6-8-18-9-7-15/h3-5,12,15,18H,6-11,13H2,1-2H3. The van der Waals surface area contributed by atoms with Gasteiger partial charge < -0.3 is 19.7 Å². The van der Waals surface area contributed by atoms with Gasteiger partial charge >= 0.3 is 0 Å². The number of hydrogen-bond acceptors (Lipinski definition) is 4. The summed E-state index contributed by atoms with van der Waals surface area (Å²) in [4.78, 5) is 13.7. The van der Waals surface area contributed by atoms with Crippen molar-refractivity contribution in [2.24, 2.45) is 0 Å². The molecule has 0 bridgehead atoms. The molecule has 1 heterocycles. The summed E-state index contributed by atoms with van der Waals surface area (Å²) < 4.78 is 11.3. The van der Waals surface area contributed by atoms with E-state index < -0.39 is 0 Å². The van der Waals surface area contributed by atoms with E-state index in [9.17, 15) is 4.79 Å². The van der Waals surface area contributed by atoms with Crippen LogP contribution in [0.3, 0.4) is 0 Å². The maximum absolute atomic E-state index is 12.0. The number of ether oxygens (including phenoxy) is 2. The molecule has 0 saturated carbocycles. The van der Waals surface area contributed by atoms with E-state index >= 15 is 0 Å². The highest BCUT2D eigenvalue weighted by Gasteiger charge is 2.16. The van der Waals surface area contributed by atoms with Gasteiger partial charge in [-0.3, -0.25) is 4.79 Å². The summed E-state index contributed by atoms with van der Waals surface area (Å²) in [7, 11) is 1.79. The van der Waals surface area contributed by atoms with Gasteiger partial charge in [0, 0.05) is 7.05 Å². The van der Waals surface area contributed by atoms with Crippen molar-refractivity contribution in [1.82, 2.24) is 10.2 Å². The van der Waals surface area contributed by atoms with E-state index in [4.69, 9.17) is 9.47 Å². The van der Waals surface area contributed by atoms with Crippen molar-refractivity contribution in [3.05, 3.63) is 29.8 Å². The molecule has 2 rings (SSSR count). The summed E-state index contributed by atoms with van der Waals surface area (Å²) in [5.41, 5.74) is 1.16. The van der Waals surface area contributed by atoms with E-state index in [1.165, 1.54) is 0 Å². The quantitative estimate of drug-likeness (QED) is 0.831. The molecular formula is C17H26N2O3. The molecule has 5 nitrogen and oxygen atoms in total. The summed E-state index contributed by atoms with van der Waals surface area (Å²) >= 11 is 0. The minimum Gasteiger partial charge on any atom is -0.492 e. The Morgan fingerprint density at radius 1 is 1.36 bits per heavy atom. The van der Waals surface area contributed by atoms with Gasteiger partial charge in [0.05, 0.1) is 12.6 Å². The van der Waals surface area contributed by atoms with Gasteiger partial charge in [-0.15, -0.1) is 0 Å². The van der Waals surface area contributed by atoms with Crippen LogP contribution in [0.1, 0.15) is 18.4 Å². The van der Waals surface area contributed by atoms with E-state index in [2.05, 4.69) is 5.32 Å². The third-order valence-electron chi connectivity index (χ3n) is 3.84. The maximum atomic E-state index is 12.0. The molecule has 0 spiro atoms. The molecule has 5 heteroatoms. The van der Waals surface area contributed by atoms with Crippen molar-refractivity contribution in [1.29, 1.82) is 0 Å². The molecule has 1 amide bonds. The number of nitrogens with one attached hydrogen (secondary N) is 1. The van der Waals surface area contributed by atoms with E-state index in [0.717, 1.165) is 37.2 Å². The van der Waals surface area contributed by atoms with Crippen LogP contribution in [-0.4, -0.2) is 56.8 Å². The van der Waals surface area contributed by atoms with Gasteiger partial charge in [0.25, 0.3) is 0 Å². The van der Waals surface area contributed by atoms with Crippen LogP contribution >= 0.6 is 0 Å². The Morgan fingerprint density at radius 3 is 2.86 bits per heavy atom. The van der Waals surface area contributed by atoms with Gasteiger partial charge in [0.1, 0.15) is 19.0 Å². The van der Waals surface area contributed by atoms with E-state index in [1.807, 2.05) is 31.2 Å². The Morgan fingerprint density at radius 2 is 2.14 bits per heavy atom. The molecule has 22 heavy (non-hydrogen) atoms. The van der Waals surface area contributed by atoms with Gasteiger partial charge in [-0.25, -0.2) is 0 Å². The van der Waals surface area contributed by atoms with Crippen LogP contribution in [0.15, 0.2) is 24.3 Å². The van der Waals surface area contributed by atoms with E-state index in [0.29, 0.717) is 13.2 Å². The Bertz CT molecular complexity index is 473. The number of piperidine rings is 1. The molecular weight excluding hydrogens is 280 g/mol. The second kappa shape index (κ2) is 8.76. The van der Waals surface area contributed by atoms with Crippen LogP contribution in [0.5, 0.6) is 5.75 Å².